The van der Waals surface area contributed by atoms with Crippen molar-refractivity contribution in [1.82, 2.24) is 0 Å². The summed E-state index contributed by atoms with van der Waals surface area (Å²) in [6.07, 6.45) is 0. The van der Waals surface area contributed by atoms with Gasteiger partial charge >= 0.3 is 5.97 Å². The molecule has 2 aromatic carbocycles. The number of aromatic carboxylic acids is 1. The van der Waals surface area contributed by atoms with Gasteiger partial charge in [-0.2, -0.15) is 0 Å². The van der Waals surface area contributed by atoms with E-state index in [2.05, 4.69) is 0 Å². The van der Waals surface area contributed by atoms with E-state index < -0.39 is 5.97 Å². The zero-order valence-corrected chi connectivity index (χ0v) is 11.2. The minimum atomic E-state index is -1.03. The van der Waals surface area contributed by atoms with Crippen molar-refractivity contribution in [1.29, 1.82) is 0 Å². The molecule has 20 heavy (non-hydrogen) atoms. The maximum absolute atomic E-state index is 11.2. The molecule has 0 fully saturated rings. The molecule has 4 heteroatoms. The smallest absolute Gasteiger partial charge is 0.339 e. The molecule has 0 aliphatic heterocycles. The van der Waals surface area contributed by atoms with Crippen molar-refractivity contribution in [2.45, 2.75) is 13.5 Å². The van der Waals surface area contributed by atoms with Crippen LogP contribution in [0.5, 0.6) is 11.5 Å². The van der Waals surface area contributed by atoms with Crippen LogP contribution in [0.25, 0.3) is 0 Å². The zero-order valence-electron chi connectivity index (χ0n) is 11.2. The second kappa shape index (κ2) is 6.61. The van der Waals surface area contributed by atoms with Crippen LogP contribution in [0.2, 0.25) is 0 Å². The molecule has 2 aromatic rings. The van der Waals surface area contributed by atoms with E-state index in [-0.39, 0.29) is 5.56 Å². The standard InChI is InChI=1S/C16H16O4/c1-2-19-15-9-8-13(10-14(15)16(17)18)20-11-12-6-4-3-5-7-12/h3-10H,2,11H2,1H3,(H,17,18). The number of rotatable bonds is 6. The Morgan fingerprint density at radius 3 is 2.50 bits per heavy atom. The first-order valence-electron chi connectivity index (χ1n) is 6.37. The number of carbonyl (C=O) groups is 1. The van der Waals surface area contributed by atoms with Crippen LogP contribution in [-0.2, 0) is 6.61 Å². The molecule has 2 rings (SSSR count). The van der Waals surface area contributed by atoms with Gasteiger partial charge in [-0.25, -0.2) is 4.79 Å². The van der Waals surface area contributed by atoms with Gasteiger partial charge in [-0.3, -0.25) is 0 Å². The Kier molecular flexibility index (Phi) is 4.60. The average molecular weight is 272 g/mol. The number of hydrogen-bond donors (Lipinski definition) is 1. The molecule has 0 unspecified atom stereocenters. The molecular formula is C16H16O4. The van der Waals surface area contributed by atoms with Crippen LogP contribution < -0.4 is 9.47 Å². The summed E-state index contributed by atoms with van der Waals surface area (Å²) in [5.41, 5.74) is 1.13. The first kappa shape index (κ1) is 13.9. The molecule has 0 aliphatic rings. The van der Waals surface area contributed by atoms with E-state index in [1.807, 2.05) is 37.3 Å². The van der Waals surface area contributed by atoms with Gasteiger partial charge in [0.05, 0.1) is 6.61 Å². The predicted molar refractivity (Wildman–Crippen MR) is 75.3 cm³/mol. The molecular weight excluding hydrogens is 256 g/mol. The van der Waals surface area contributed by atoms with Gasteiger partial charge in [0, 0.05) is 0 Å². The lowest BCUT2D eigenvalue weighted by molar-refractivity contribution is 0.0692. The number of carboxylic acids is 1. The molecule has 0 spiro atoms. The Morgan fingerprint density at radius 2 is 1.85 bits per heavy atom. The molecule has 1 N–H and O–H groups in total. The highest BCUT2D eigenvalue weighted by molar-refractivity contribution is 5.91. The monoisotopic (exact) mass is 272 g/mol. The fraction of sp³-hybridized carbons (Fsp3) is 0.188. The second-order valence-corrected chi connectivity index (χ2v) is 4.17. The first-order chi connectivity index (χ1) is 9.70. The second-order valence-electron chi connectivity index (χ2n) is 4.17. The van der Waals surface area contributed by atoms with Crippen LogP contribution in [0.15, 0.2) is 48.5 Å². The summed E-state index contributed by atoms with van der Waals surface area (Å²) in [5, 5.41) is 9.17. The summed E-state index contributed by atoms with van der Waals surface area (Å²) in [7, 11) is 0. The highest BCUT2D eigenvalue weighted by Crippen LogP contribution is 2.25. The Bertz CT molecular complexity index is 578. The number of carboxylic acid groups (broad SMARTS) is 1. The average Bonchev–Trinajstić information content (AvgIpc) is 2.47. The maximum atomic E-state index is 11.2. The molecule has 0 aromatic heterocycles. The molecule has 0 bridgehead atoms. The third-order valence-corrected chi connectivity index (χ3v) is 2.73. The van der Waals surface area contributed by atoms with E-state index in [0.717, 1.165) is 5.56 Å². The first-order valence-corrected chi connectivity index (χ1v) is 6.37. The van der Waals surface area contributed by atoms with Crippen LogP contribution in [0, 0.1) is 0 Å². The highest BCUT2D eigenvalue weighted by atomic mass is 16.5. The number of hydrogen-bond acceptors (Lipinski definition) is 3. The Balaban J connectivity index is 2.13. The number of ether oxygens (including phenoxy) is 2. The van der Waals surface area contributed by atoms with E-state index in [9.17, 15) is 4.79 Å². The van der Waals surface area contributed by atoms with E-state index in [1.165, 1.54) is 6.07 Å². The fourth-order valence-corrected chi connectivity index (χ4v) is 1.79. The van der Waals surface area contributed by atoms with E-state index >= 15 is 0 Å². The van der Waals surface area contributed by atoms with Gasteiger partial charge in [-0.1, -0.05) is 30.3 Å². The van der Waals surface area contributed by atoms with Crippen molar-refractivity contribution in [3.8, 4) is 11.5 Å². The lowest BCUT2D eigenvalue weighted by atomic mass is 10.2. The Hall–Kier alpha value is -2.49. The van der Waals surface area contributed by atoms with Crippen LogP contribution in [0.4, 0.5) is 0 Å². The number of benzene rings is 2. The molecule has 0 atom stereocenters. The van der Waals surface area contributed by atoms with Gasteiger partial charge in [0.25, 0.3) is 0 Å². The maximum Gasteiger partial charge on any atom is 0.339 e. The van der Waals surface area contributed by atoms with Gasteiger partial charge in [-0.05, 0) is 30.7 Å². The van der Waals surface area contributed by atoms with Crippen molar-refractivity contribution in [2.24, 2.45) is 0 Å². The van der Waals surface area contributed by atoms with E-state index in [0.29, 0.717) is 24.7 Å². The molecule has 0 amide bonds. The third-order valence-electron chi connectivity index (χ3n) is 2.73. The molecule has 0 aliphatic carbocycles. The summed E-state index contributed by atoms with van der Waals surface area (Å²) in [4.78, 5) is 11.2. The Morgan fingerprint density at radius 1 is 1.10 bits per heavy atom. The lowest BCUT2D eigenvalue weighted by Gasteiger charge is -2.10. The summed E-state index contributed by atoms with van der Waals surface area (Å²) in [6, 6.07) is 14.5. The van der Waals surface area contributed by atoms with Crippen molar-refractivity contribution in [3.05, 3.63) is 59.7 Å². The molecule has 0 heterocycles. The fourth-order valence-electron chi connectivity index (χ4n) is 1.79. The third kappa shape index (κ3) is 3.51. The lowest BCUT2D eigenvalue weighted by Crippen LogP contribution is -2.04. The summed E-state index contributed by atoms with van der Waals surface area (Å²) in [6.45, 7) is 2.63. The normalized spacial score (nSPS) is 10.1. The minimum Gasteiger partial charge on any atom is -0.493 e. The van der Waals surface area contributed by atoms with Gasteiger partial charge in [-0.15, -0.1) is 0 Å². The SMILES string of the molecule is CCOc1ccc(OCc2ccccc2)cc1C(=O)O. The van der Waals surface area contributed by atoms with Gasteiger partial charge < -0.3 is 14.6 Å². The molecule has 0 saturated carbocycles. The molecule has 0 saturated heterocycles. The van der Waals surface area contributed by atoms with Gasteiger partial charge in [0.2, 0.25) is 0 Å². The predicted octanol–water partition coefficient (Wildman–Crippen LogP) is 3.36. The van der Waals surface area contributed by atoms with E-state index in [4.69, 9.17) is 14.6 Å². The minimum absolute atomic E-state index is 0.109. The van der Waals surface area contributed by atoms with Crippen LogP contribution in [0.3, 0.4) is 0 Å². The van der Waals surface area contributed by atoms with Crippen molar-refractivity contribution >= 4 is 5.97 Å². The van der Waals surface area contributed by atoms with Gasteiger partial charge in [0.1, 0.15) is 23.7 Å². The topological polar surface area (TPSA) is 55.8 Å². The highest BCUT2D eigenvalue weighted by Gasteiger charge is 2.12. The Labute approximate surface area is 117 Å². The van der Waals surface area contributed by atoms with E-state index in [1.54, 1.807) is 12.1 Å². The molecule has 0 radical (unpaired) electrons. The summed E-state index contributed by atoms with van der Waals surface area (Å²) in [5.74, 6) is -0.166. The van der Waals surface area contributed by atoms with Crippen molar-refractivity contribution in [3.63, 3.8) is 0 Å². The van der Waals surface area contributed by atoms with Crippen LogP contribution >= 0.6 is 0 Å². The summed E-state index contributed by atoms with van der Waals surface area (Å²) >= 11 is 0. The van der Waals surface area contributed by atoms with Crippen LogP contribution in [-0.4, -0.2) is 17.7 Å². The largest absolute Gasteiger partial charge is 0.493 e. The molecule has 4 nitrogen and oxygen atoms in total. The van der Waals surface area contributed by atoms with Crippen molar-refractivity contribution in [2.75, 3.05) is 6.61 Å². The summed E-state index contributed by atoms with van der Waals surface area (Å²) < 4.78 is 10.9. The molecule has 104 valence electrons. The van der Waals surface area contributed by atoms with Gasteiger partial charge in [0.15, 0.2) is 0 Å². The van der Waals surface area contributed by atoms with Crippen LogP contribution in [0.1, 0.15) is 22.8 Å². The van der Waals surface area contributed by atoms with Crippen molar-refractivity contribution < 1.29 is 19.4 Å². The zero-order chi connectivity index (χ0) is 14.4. The quantitative estimate of drug-likeness (QED) is 0.876.